The van der Waals surface area contributed by atoms with Crippen LogP contribution in [0, 0.1) is 0 Å². The van der Waals surface area contributed by atoms with Crippen molar-refractivity contribution in [3.8, 4) is 0 Å². The number of hydrogen-bond acceptors (Lipinski definition) is 3. The van der Waals surface area contributed by atoms with Crippen LogP contribution in [-0.4, -0.2) is 55.2 Å². The van der Waals surface area contributed by atoms with E-state index in [1.165, 1.54) is 16.7 Å². The zero-order valence-corrected chi connectivity index (χ0v) is 14.9. The molecule has 1 aliphatic carbocycles. The van der Waals surface area contributed by atoms with Crippen LogP contribution in [0.2, 0.25) is 0 Å². The number of likely N-dealkylation sites (tertiary alicyclic amines) is 1. The van der Waals surface area contributed by atoms with Crippen LogP contribution in [0.25, 0.3) is 11.6 Å². The third kappa shape index (κ3) is 4.00. The van der Waals surface area contributed by atoms with Crippen molar-refractivity contribution in [3.63, 3.8) is 0 Å². The third-order valence-electron chi connectivity index (χ3n) is 4.75. The number of benzene rings is 1. The zero-order chi connectivity index (χ0) is 16.2. The lowest BCUT2D eigenvalue weighted by atomic mass is 9.88. The first-order valence-electron chi connectivity index (χ1n) is 8.22. The second kappa shape index (κ2) is 8.36. The Bertz CT molecular complexity index is 622. The Morgan fingerprint density at radius 1 is 1.38 bits per heavy atom. The van der Waals surface area contributed by atoms with Gasteiger partial charge in [0.25, 0.3) is 0 Å². The highest BCUT2D eigenvalue weighted by Gasteiger charge is 2.27. The Balaban J connectivity index is 0.00000208. The van der Waals surface area contributed by atoms with Crippen molar-refractivity contribution < 1.29 is 9.53 Å². The number of fused-ring (bicyclic) bond motifs is 1. The summed E-state index contributed by atoms with van der Waals surface area (Å²) in [5.74, 6) is 0. The molecule has 1 saturated heterocycles. The summed E-state index contributed by atoms with van der Waals surface area (Å²) in [6.45, 7) is 6.88. The highest BCUT2D eigenvalue weighted by atomic mass is 35.5. The molecule has 4 nitrogen and oxygen atoms in total. The van der Waals surface area contributed by atoms with Crippen molar-refractivity contribution in [1.29, 1.82) is 0 Å². The molecular weight excluding hydrogens is 324 g/mol. The highest BCUT2D eigenvalue weighted by Crippen LogP contribution is 2.33. The molecule has 0 radical (unpaired) electrons. The Labute approximate surface area is 150 Å². The van der Waals surface area contributed by atoms with Gasteiger partial charge in [-0.05, 0) is 35.6 Å². The lowest BCUT2D eigenvalue weighted by molar-refractivity contribution is 0.0863. The first-order valence-corrected chi connectivity index (χ1v) is 8.22. The van der Waals surface area contributed by atoms with Crippen molar-refractivity contribution in [2.75, 3.05) is 33.3 Å². The fourth-order valence-electron chi connectivity index (χ4n) is 3.32. The van der Waals surface area contributed by atoms with Gasteiger partial charge in [-0.15, -0.1) is 12.4 Å². The standard InChI is InChI=1S/C19H24N2O2.ClH/c1-3-12-23-19(22)20(2)17-8-10-21(11-9-17)14-16-13-15-6-4-5-7-18(15)16;/h3-7,13,17H,1,8-12,14H2,2H3;1H. The first-order chi connectivity index (χ1) is 11.2. The third-order valence-corrected chi connectivity index (χ3v) is 4.75. The van der Waals surface area contributed by atoms with Crippen molar-refractivity contribution in [1.82, 2.24) is 9.80 Å². The molecule has 1 aromatic carbocycles. The van der Waals surface area contributed by atoms with Crippen LogP contribution in [0.4, 0.5) is 4.79 Å². The molecule has 5 heteroatoms. The van der Waals surface area contributed by atoms with Crippen LogP contribution in [0.3, 0.4) is 0 Å². The van der Waals surface area contributed by atoms with E-state index < -0.39 is 0 Å². The lowest BCUT2D eigenvalue weighted by Crippen LogP contribution is -2.46. The molecule has 0 atom stereocenters. The van der Waals surface area contributed by atoms with Gasteiger partial charge in [0.1, 0.15) is 6.61 Å². The summed E-state index contributed by atoms with van der Waals surface area (Å²) in [4.78, 5) is 16.1. The summed E-state index contributed by atoms with van der Waals surface area (Å²) in [6.07, 6.45) is 5.61. The number of hydrogen-bond donors (Lipinski definition) is 0. The van der Waals surface area contributed by atoms with Crippen LogP contribution >= 0.6 is 12.4 Å². The van der Waals surface area contributed by atoms with Gasteiger partial charge in [-0.3, -0.25) is 4.90 Å². The van der Waals surface area contributed by atoms with Crippen LogP contribution in [0.15, 0.2) is 36.9 Å². The molecule has 0 bridgehead atoms. The van der Waals surface area contributed by atoms with Gasteiger partial charge < -0.3 is 9.64 Å². The summed E-state index contributed by atoms with van der Waals surface area (Å²) in [7, 11) is 1.83. The molecule has 1 heterocycles. The van der Waals surface area contributed by atoms with E-state index in [-0.39, 0.29) is 31.1 Å². The quantitative estimate of drug-likeness (QED) is 0.761. The van der Waals surface area contributed by atoms with Gasteiger partial charge >= 0.3 is 6.09 Å². The topological polar surface area (TPSA) is 32.8 Å². The number of ether oxygens (including phenoxy) is 1. The summed E-state index contributed by atoms with van der Waals surface area (Å²) in [5.41, 5.74) is 4.17. The molecule has 1 aromatic rings. The van der Waals surface area contributed by atoms with Gasteiger partial charge in [0.05, 0.1) is 0 Å². The Kier molecular flexibility index (Phi) is 6.46. The maximum atomic E-state index is 11.9. The van der Waals surface area contributed by atoms with Gasteiger partial charge in [0.2, 0.25) is 0 Å². The van der Waals surface area contributed by atoms with Gasteiger partial charge in [0, 0.05) is 32.7 Å². The predicted octanol–water partition coefficient (Wildman–Crippen LogP) is 3.68. The minimum absolute atomic E-state index is 0. The molecule has 0 saturated carbocycles. The van der Waals surface area contributed by atoms with Crippen molar-refractivity contribution in [2.45, 2.75) is 18.9 Å². The second-order valence-corrected chi connectivity index (χ2v) is 6.24. The lowest BCUT2D eigenvalue weighted by Gasteiger charge is -2.37. The number of halogens is 1. The summed E-state index contributed by atoms with van der Waals surface area (Å²) in [5, 5.41) is 0. The maximum Gasteiger partial charge on any atom is 0.410 e. The molecule has 0 N–H and O–H groups in total. The van der Waals surface area contributed by atoms with E-state index >= 15 is 0 Å². The Hall–Kier alpha value is -1.78. The van der Waals surface area contributed by atoms with E-state index in [2.05, 4.69) is 41.8 Å². The smallest absolute Gasteiger partial charge is 0.410 e. The van der Waals surface area contributed by atoms with Crippen molar-refractivity contribution >= 4 is 30.1 Å². The van der Waals surface area contributed by atoms with E-state index in [4.69, 9.17) is 4.74 Å². The molecule has 3 rings (SSSR count). The number of piperidine rings is 1. The van der Waals surface area contributed by atoms with E-state index in [9.17, 15) is 4.79 Å². The van der Waals surface area contributed by atoms with E-state index in [1.54, 1.807) is 11.0 Å². The molecule has 0 spiro atoms. The number of rotatable bonds is 5. The minimum atomic E-state index is -0.251. The van der Waals surface area contributed by atoms with Gasteiger partial charge in [-0.1, -0.05) is 36.9 Å². The Morgan fingerprint density at radius 3 is 2.75 bits per heavy atom. The number of amides is 1. The number of carbonyl (C=O) groups is 1. The molecule has 1 fully saturated rings. The van der Waals surface area contributed by atoms with Crippen LogP contribution in [-0.2, 0) is 4.74 Å². The molecule has 24 heavy (non-hydrogen) atoms. The monoisotopic (exact) mass is 348 g/mol. The van der Waals surface area contributed by atoms with Crippen molar-refractivity contribution in [3.05, 3.63) is 48.0 Å². The second-order valence-electron chi connectivity index (χ2n) is 6.24. The maximum absolute atomic E-state index is 11.9. The molecule has 0 aromatic heterocycles. The molecule has 2 aliphatic rings. The number of nitrogens with zero attached hydrogens (tertiary/aromatic N) is 2. The van der Waals surface area contributed by atoms with E-state index in [0.29, 0.717) is 0 Å². The van der Waals surface area contributed by atoms with Crippen molar-refractivity contribution in [2.24, 2.45) is 0 Å². The van der Waals surface area contributed by atoms with E-state index in [0.717, 1.165) is 32.5 Å². The highest BCUT2D eigenvalue weighted by molar-refractivity contribution is 5.96. The molecular formula is C19H25ClN2O2. The normalized spacial score (nSPS) is 17.0. The first kappa shape index (κ1) is 18.6. The average Bonchev–Trinajstić information content (AvgIpc) is 2.57. The van der Waals surface area contributed by atoms with E-state index in [1.807, 2.05) is 7.05 Å². The largest absolute Gasteiger partial charge is 0.445 e. The fraction of sp³-hybridized carbons (Fsp3) is 0.421. The summed E-state index contributed by atoms with van der Waals surface area (Å²) < 4.78 is 5.11. The Morgan fingerprint density at radius 2 is 2.08 bits per heavy atom. The van der Waals surface area contributed by atoms with Gasteiger partial charge in [0.15, 0.2) is 0 Å². The average molecular weight is 349 g/mol. The SMILES string of the molecule is C=CCOC(=O)N(C)C1CCN(CC2=Cc3ccccc32)CC1.Cl. The molecule has 1 aliphatic heterocycles. The predicted molar refractivity (Wildman–Crippen MR) is 100 cm³/mol. The summed E-state index contributed by atoms with van der Waals surface area (Å²) >= 11 is 0. The minimum Gasteiger partial charge on any atom is -0.445 e. The number of carbonyl (C=O) groups excluding carboxylic acids is 1. The molecule has 1 amide bonds. The molecule has 130 valence electrons. The summed E-state index contributed by atoms with van der Waals surface area (Å²) in [6, 6.07) is 8.81. The van der Waals surface area contributed by atoms with Crippen LogP contribution < -0.4 is 0 Å². The zero-order valence-electron chi connectivity index (χ0n) is 14.1. The molecule has 0 unspecified atom stereocenters. The van der Waals surface area contributed by atoms with Crippen LogP contribution in [0.1, 0.15) is 24.0 Å². The van der Waals surface area contributed by atoms with Crippen LogP contribution in [0.5, 0.6) is 0 Å². The van der Waals surface area contributed by atoms with Gasteiger partial charge in [-0.25, -0.2) is 4.79 Å². The fourth-order valence-corrected chi connectivity index (χ4v) is 3.32. The van der Waals surface area contributed by atoms with Gasteiger partial charge in [-0.2, -0.15) is 0 Å².